The summed E-state index contributed by atoms with van der Waals surface area (Å²) < 4.78 is 0. The van der Waals surface area contributed by atoms with Crippen molar-refractivity contribution in [2.75, 3.05) is 0 Å². The maximum Gasteiger partial charge on any atom is 0.269 e. The molecule has 0 aliphatic heterocycles. The maximum atomic E-state index is 12.5. The summed E-state index contributed by atoms with van der Waals surface area (Å²) in [6.45, 7) is 0.206. The van der Waals surface area contributed by atoms with Gasteiger partial charge in [-0.1, -0.05) is 18.0 Å². The first kappa shape index (κ1) is 19.9. The van der Waals surface area contributed by atoms with E-state index in [1.807, 2.05) is 0 Å². The molecule has 2 aliphatic carbocycles. The molecule has 1 aromatic rings. The third-order valence-corrected chi connectivity index (χ3v) is 5.85. The van der Waals surface area contributed by atoms with Gasteiger partial charge in [-0.15, -0.1) is 12.4 Å². The van der Waals surface area contributed by atoms with Crippen molar-refractivity contribution in [2.24, 2.45) is 23.5 Å². The number of non-ortho nitro benzene ring substituents is 1. The highest BCUT2D eigenvalue weighted by Gasteiger charge is 2.40. The van der Waals surface area contributed by atoms with Gasteiger partial charge in [0.2, 0.25) is 5.91 Å². The van der Waals surface area contributed by atoms with Crippen molar-refractivity contribution in [1.82, 2.24) is 5.32 Å². The van der Waals surface area contributed by atoms with Crippen LogP contribution in [0.2, 0.25) is 5.02 Å². The molecular weight excluding hydrogens is 365 g/mol. The number of nitro benzene ring substituents is 1. The Morgan fingerprint density at radius 2 is 1.96 bits per heavy atom. The Kier molecular flexibility index (Phi) is 6.65. The highest BCUT2D eigenvalue weighted by molar-refractivity contribution is 6.31. The molecule has 2 saturated carbocycles. The average Bonchev–Trinajstić information content (AvgIpc) is 2.53. The van der Waals surface area contributed by atoms with Crippen molar-refractivity contribution in [3.63, 3.8) is 0 Å². The molecule has 0 saturated heterocycles. The fraction of sp³-hybridized carbons (Fsp3) is 0.588. The van der Waals surface area contributed by atoms with E-state index in [1.54, 1.807) is 0 Å². The summed E-state index contributed by atoms with van der Waals surface area (Å²) in [5.41, 5.74) is 6.80. The molecule has 138 valence electrons. The van der Waals surface area contributed by atoms with Crippen molar-refractivity contribution < 1.29 is 9.72 Å². The normalized spacial score (nSPS) is 27.9. The molecule has 1 aromatic carbocycles. The van der Waals surface area contributed by atoms with E-state index in [4.69, 9.17) is 17.3 Å². The minimum Gasteiger partial charge on any atom is -0.352 e. The predicted octanol–water partition coefficient (Wildman–Crippen LogP) is 3.44. The first-order valence-electron chi connectivity index (χ1n) is 8.42. The van der Waals surface area contributed by atoms with Crippen LogP contribution in [0.25, 0.3) is 0 Å². The van der Waals surface area contributed by atoms with Gasteiger partial charge >= 0.3 is 0 Å². The fourth-order valence-electron chi connectivity index (χ4n) is 4.14. The number of benzene rings is 1. The van der Waals surface area contributed by atoms with Gasteiger partial charge in [-0.3, -0.25) is 14.9 Å². The number of nitro groups is 1. The van der Waals surface area contributed by atoms with Crippen LogP contribution in [-0.2, 0) is 11.3 Å². The first-order valence-corrected chi connectivity index (χ1v) is 8.79. The molecule has 2 aliphatic rings. The van der Waals surface area contributed by atoms with Gasteiger partial charge < -0.3 is 11.1 Å². The van der Waals surface area contributed by atoms with E-state index in [9.17, 15) is 14.9 Å². The van der Waals surface area contributed by atoms with E-state index in [1.165, 1.54) is 24.6 Å². The zero-order chi connectivity index (χ0) is 17.3. The summed E-state index contributed by atoms with van der Waals surface area (Å²) in [5.74, 6) is 0.864. The predicted molar refractivity (Wildman–Crippen MR) is 98.7 cm³/mol. The van der Waals surface area contributed by atoms with E-state index in [-0.39, 0.29) is 42.5 Å². The number of hydrogen-bond donors (Lipinski definition) is 2. The Bertz CT molecular complexity index is 642. The number of amides is 1. The van der Waals surface area contributed by atoms with E-state index in [0.717, 1.165) is 25.7 Å². The highest BCUT2D eigenvalue weighted by atomic mass is 35.5. The lowest BCUT2D eigenvalue weighted by Gasteiger charge is -2.43. The molecule has 6 nitrogen and oxygen atoms in total. The lowest BCUT2D eigenvalue weighted by atomic mass is 9.65. The van der Waals surface area contributed by atoms with E-state index >= 15 is 0 Å². The topological polar surface area (TPSA) is 98.3 Å². The third kappa shape index (κ3) is 4.43. The first-order chi connectivity index (χ1) is 11.5. The second-order valence-electron chi connectivity index (χ2n) is 6.95. The Balaban J connectivity index is 0.00000225. The molecule has 1 amide bonds. The number of halogens is 2. The quantitative estimate of drug-likeness (QED) is 0.610. The van der Waals surface area contributed by atoms with Crippen LogP contribution in [0, 0.1) is 27.9 Å². The maximum absolute atomic E-state index is 12.5. The molecule has 0 radical (unpaired) electrons. The monoisotopic (exact) mass is 387 g/mol. The second kappa shape index (κ2) is 8.34. The SMILES string of the molecule is Cl.NC1C2CCCC1CC(C(=O)NCc1cc([N+](=O)[O-])ccc1Cl)C2. The molecule has 8 heteroatoms. The number of carbonyl (C=O) groups excluding carboxylic acids is 1. The summed E-state index contributed by atoms with van der Waals surface area (Å²) in [7, 11) is 0. The Labute approximate surface area is 158 Å². The molecule has 25 heavy (non-hydrogen) atoms. The Hall–Kier alpha value is -1.37. The summed E-state index contributed by atoms with van der Waals surface area (Å²) >= 11 is 6.08. The van der Waals surface area contributed by atoms with Gasteiger partial charge in [0.25, 0.3) is 5.69 Å². The number of nitrogens with zero attached hydrogens (tertiary/aromatic N) is 1. The number of fused-ring (bicyclic) bond motifs is 2. The van der Waals surface area contributed by atoms with Gasteiger partial charge in [0.15, 0.2) is 0 Å². The summed E-state index contributed by atoms with van der Waals surface area (Å²) in [6.07, 6.45) is 5.11. The number of hydrogen-bond acceptors (Lipinski definition) is 4. The molecular formula is C17H23Cl2N3O3. The molecule has 2 unspecified atom stereocenters. The van der Waals surface area contributed by atoms with Crippen molar-refractivity contribution in [1.29, 1.82) is 0 Å². The number of nitrogens with two attached hydrogens (primary N) is 1. The van der Waals surface area contributed by atoms with Crippen molar-refractivity contribution >= 4 is 35.6 Å². The number of carbonyl (C=O) groups is 1. The highest BCUT2D eigenvalue weighted by Crippen LogP contribution is 2.41. The molecule has 0 heterocycles. The lowest BCUT2D eigenvalue weighted by Crippen LogP contribution is -2.49. The zero-order valence-corrected chi connectivity index (χ0v) is 15.4. The van der Waals surface area contributed by atoms with Gasteiger partial charge in [-0.2, -0.15) is 0 Å². The number of nitrogens with one attached hydrogen (secondary N) is 1. The second-order valence-corrected chi connectivity index (χ2v) is 7.35. The van der Waals surface area contributed by atoms with E-state index in [2.05, 4.69) is 5.32 Å². The molecule has 0 aromatic heterocycles. The van der Waals surface area contributed by atoms with Crippen LogP contribution in [0.4, 0.5) is 5.69 Å². The Morgan fingerprint density at radius 1 is 1.32 bits per heavy atom. The van der Waals surface area contributed by atoms with Crippen LogP contribution >= 0.6 is 24.0 Å². The smallest absolute Gasteiger partial charge is 0.269 e. The summed E-state index contributed by atoms with van der Waals surface area (Å²) in [4.78, 5) is 22.9. The van der Waals surface area contributed by atoms with Crippen LogP contribution in [0.3, 0.4) is 0 Å². The molecule has 2 bridgehead atoms. The van der Waals surface area contributed by atoms with Gasteiger partial charge in [0, 0.05) is 35.7 Å². The molecule has 2 fully saturated rings. The molecule has 0 spiro atoms. The third-order valence-electron chi connectivity index (χ3n) is 5.48. The molecule has 3 N–H and O–H groups in total. The van der Waals surface area contributed by atoms with Crippen molar-refractivity contribution in [3.05, 3.63) is 38.9 Å². The van der Waals surface area contributed by atoms with Gasteiger partial charge in [0.1, 0.15) is 0 Å². The lowest BCUT2D eigenvalue weighted by molar-refractivity contribution is -0.384. The van der Waals surface area contributed by atoms with Crippen LogP contribution in [0.5, 0.6) is 0 Å². The zero-order valence-electron chi connectivity index (χ0n) is 13.8. The molecule has 3 rings (SSSR count). The van der Waals surface area contributed by atoms with Gasteiger partial charge in [-0.25, -0.2) is 0 Å². The average molecular weight is 388 g/mol. The van der Waals surface area contributed by atoms with Gasteiger partial charge in [-0.05, 0) is 49.1 Å². The van der Waals surface area contributed by atoms with Crippen LogP contribution < -0.4 is 11.1 Å². The van der Waals surface area contributed by atoms with E-state index in [0.29, 0.717) is 22.4 Å². The standard InChI is InChI=1S/C17H22ClN3O3.ClH/c18-15-5-4-14(21(23)24)8-13(15)9-20-17(22)12-6-10-2-1-3-11(7-12)16(10)19;/h4-5,8,10-12,16H,1-3,6-7,9,19H2,(H,20,22);1H. The van der Waals surface area contributed by atoms with Crippen LogP contribution in [0.15, 0.2) is 18.2 Å². The van der Waals surface area contributed by atoms with Crippen LogP contribution in [-0.4, -0.2) is 16.9 Å². The van der Waals surface area contributed by atoms with Crippen LogP contribution in [0.1, 0.15) is 37.7 Å². The minimum absolute atomic E-state index is 0. The minimum atomic E-state index is -0.467. The number of rotatable bonds is 4. The molecule has 2 atom stereocenters. The largest absolute Gasteiger partial charge is 0.352 e. The van der Waals surface area contributed by atoms with Gasteiger partial charge in [0.05, 0.1) is 4.92 Å². The fourth-order valence-corrected chi connectivity index (χ4v) is 4.32. The van der Waals surface area contributed by atoms with Crippen molar-refractivity contribution in [3.8, 4) is 0 Å². The van der Waals surface area contributed by atoms with E-state index < -0.39 is 4.92 Å². The summed E-state index contributed by atoms with van der Waals surface area (Å²) in [6, 6.07) is 4.49. The Morgan fingerprint density at radius 3 is 2.56 bits per heavy atom. The van der Waals surface area contributed by atoms with Crippen molar-refractivity contribution in [2.45, 2.75) is 44.7 Å². The summed E-state index contributed by atoms with van der Waals surface area (Å²) in [5, 5.41) is 14.2.